The molecule has 90 valence electrons. The Bertz CT molecular complexity index is 659. The van der Waals surface area contributed by atoms with Gasteiger partial charge >= 0.3 is 11.4 Å². The maximum atomic E-state index is 5.88. The molecule has 0 saturated heterocycles. The first kappa shape index (κ1) is 10.8. The molecule has 3 rings (SSSR count). The van der Waals surface area contributed by atoms with Gasteiger partial charge in [-0.25, -0.2) is 0 Å². The van der Waals surface area contributed by atoms with Crippen LogP contribution in [0.1, 0.15) is 6.92 Å². The lowest BCUT2D eigenvalue weighted by atomic mass is 10.2. The molecule has 0 aliphatic heterocycles. The molecule has 0 amide bonds. The smallest absolute Gasteiger partial charge is 0.394 e. The molecule has 0 unspecified atom stereocenters. The highest BCUT2D eigenvalue weighted by atomic mass is 16.7. The predicted molar refractivity (Wildman–Crippen MR) is 69.0 cm³/mol. The van der Waals surface area contributed by atoms with Crippen molar-refractivity contribution in [3.8, 4) is 11.5 Å². The van der Waals surface area contributed by atoms with Crippen LogP contribution in [0.5, 0.6) is 0 Å². The zero-order chi connectivity index (χ0) is 12.4. The lowest BCUT2D eigenvalue weighted by Gasteiger charge is -1.94. The van der Waals surface area contributed by atoms with Gasteiger partial charge in [0.25, 0.3) is 0 Å². The summed E-state index contributed by atoms with van der Waals surface area (Å²) in [6.45, 7) is 2.55. The summed E-state index contributed by atoms with van der Waals surface area (Å²) in [5, 5.41) is 0. The zero-order valence-corrected chi connectivity index (χ0v) is 10.2. The van der Waals surface area contributed by atoms with E-state index >= 15 is 0 Å². The largest absolute Gasteiger partial charge is 0.430 e. The molecule has 2 aromatic carbocycles. The third-order valence-electron chi connectivity index (χ3n) is 2.75. The van der Waals surface area contributed by atoms with Crippen molar-refractivity contribution in [2.75, 3.05) is 6.61 Å². The van der Waals surface area contributed by atoms with Gasteiger partial charge in [-0.05, 0) is 25.1 Å². The van der Waals surface area contributed by atoms with Gasteiger partial charge in [0.15, 0.2) is 6.61 Å². The summed E-state index contributed by atoms with van der Waals surface area (Å²) >= 11 is 0. The van der Waals surface area contributed by atoms with Crippen LogP contribution in [0.4, 0.5) is 0 Å². The number of hydrogen-bond donors (Lipinski definition) is 0. The Labute approximate surface area is 105 Å². The highest BCUT2D eigenvalue weighted by Gasteiger charge is 2.26. The summed E-state index contributed by atoms with van der Waals surface area (Å²) in [6.07, 6.45) is 0. The van der Waals surface area contributed by atoms with Crippen molar-refractivity contribution in [3.63, 3.8) is 0 Å². The molecule has 18 heavy (non-hydrogen) atoms. The molecule has 3 nitrogen and oxygen atoms in total. The Morgan fingerprint density at radius 2 is 1.72 bits per heavy atom. The molecule has 0 bridgehead atoms. The fraction of sp³-hybridized carbons (Fsp3) is 0.133. The van der Waals surface area contributed by atoms with E-state index < -0.39 is 0 Å². The third kappa shape index (κ3) is 1.74. The predicted octanol–water partition coefficient (Wildman–Crippen LogP) is 2.84. The van der Waals surface area contributed by atoms with E-state index in [1.165, 1.54) is 0 Å². The van der Waals surface area contributed by atoms with Gasteiger partial charge in [-0.3, -0.25) is 4.84 Å². The van der Waals surface area contributed by atoms with Crippen molar-refractivity contribution < 1.29 is 14.0 Å². The fourth-order valence-electron chi connectivity index (χ4n) is 1.98. The van der Waals surface area contributed by atoms with Crippen LogP contribution >= 0.6 is 0 Å². The second-order valence-corrected chi connectivity index (χ2v) is 3.95. The molecule has 0 aliphatic carbocycles. The summed E-state index contributed by atoms with van der Waals surface area (Å²) in [6, 6.07) is 17.8. The molecule has 1 heterocycles. The SMILES string of the molecule is CCO[n+]1c(-c2ccccc2)oc2ccccc21. The fourth-order valence-corrected chi connectivity index (χ4v) is 1.98. The van der Waals surface area contributed by atoms with E-state index in [0.717, 1.165) is 22.6 Å². The second kappa shape index (κ2) is 4.53. The van der Waals surface area contributed by atoms with Gasteiger partial charge in [-0.15, -0.1) is 0 Å². The number of benzene rings is 2. The molecule has 0 saturated carbocycles. The Balaban J connectivity index is 2.25. The molecule has 0 N–H and O–H groups in total. The minimum Gasteiger partial charge on any atom is -0.394 e. The van der Waals surface area contributed by atoms with Crippen molar-refractivity contribution >= 4 is 11.1 Å². The maximum Gasteiger partial charge on any atom is 0.430 e. The molecule has 0 aliphatic rings. The van der Waals surface area contributed by atoms with Gasteiger partial charge in [0.2, 0.25) is 5.58 Å². The van der Waals surface area contributed by atoms with Crippen molar-refractivity contribution in [1.82, 2.24) is 0 Å². The Morgan fingerprint density at radius 3 is 2.50 bits per heavy atom. The summed E-state index contributed by atoms with van der Waals surface area (Å²) in [4.78, 5) is 5.67. The van der Waals surface area contributed by atoms with Crippen LogP contribution in [0.15, 0.2) is 59.0 Å². The van der Waals surface area contributed by atoms with Gasteiger partial charge in [-0.2, -0.15) is 0 Å². The summed E-state index contributed by atoms with van der Waals surface area (Å²) < 4.78 is 7.63. The number of aromatic nitrogens is 1. The lowest BCUT2D eigenvalue weighted by Crippen LogP contribution is -2.43. The van der Waals surface area contributed by atoms with Gasteiger partial charge in [-0.1, -0.05) is 30.3 Å². The number of para-hydroxylation sites is 2. The van der Waals surface area contributed by atoms with E-state index in [1.807, 2.05) is 61.5 Å². The summed E-state index contributed by atoms with van der Waals surface area (Å²) in [7, 11) is 0. The van der Waals surface area contributed by atoms with E-state index in [1.54, 1.807) is 4.73 Å². The van der Waals surface area contributed by atoms with E-state index in [4.69, 9.17) is 9.25 Å². The normalized spacial score (nSPS) is 10.7. The van der Waals surface area contributed by atoms with Gasteiger partial charge in [0, 0.05) is 6.07 Å². The van der Waals surface area contributed by atoms with Crippen LogP contribution in [-0.4, -0.2) is 6.61 Å². The molecular formula is C15H14NO2+. The van der Waals surface area contributed by atoms with Crippen LogP contribution in [0.25, 0.3) is 22.6 Å². The lowest BCUT2D eigenvalue weighted by molar-refractivity contribution is -0.864. The highest BCUT2D eigenvalue weighted by Crippen LogP contribution is 2.21. The topological polar surface area (TPSA) is 26.2 Å². The number of rotatable bonds is 3. The van der Waals surface area contributed by atoms with Crippen molar-refractivity contribution in [3.05, 3.63) is 54.6 Å². The monoisotopic (exact) mass is 240 g/mol. The Morgan fingerprint density at radius 1 is 1.00 bits per heavy atom. The van der Waals surface area contributed by atoms with Crippen molar-refractivity contribution in [2.24, 2.45) is 0 Å². The van der Waals surface area contributed by atoms with E-state index in [2.05, 4.69) is 0 Å². The zero-order valence-electron chi connectivity index (χ0n) is 10.2. The van der Waals surface area contributed by atoms with Crippen LogP contribution in [0, 0.1) is 0 Å². The Kier molecular flexibility index (Phi) is 2.73. The summed E-state index contributed by atoms with van der Waals surface area (Å²) in [5.74, 6) is 0.721. The van der Waals surface area contributed by atoms with Crippen molar-refractivity contribution in [1.29, 1.82) is 0 Å². The average molecular weight is 240 g/mol. The number of hydrogen-bond acceptors (Lipinski definition) is 2. The second-order valence-electron chi connectivity index (χ2n) is 3.95. The standard InChI is InChI=1S/C15H14NO2/c1-2-17-16-13-10-6-7-11-14(13)18-15(16)12-8-4-3-5-9-12/h3-11H,2H2,1H3/q+1. The molecule has 3 aromatic rings. The molecule has 0 radical (unpaired) electrons. The highest BCUT2D eigenvalue weighted by molar-refractivity contribution is 5.71. The number of nitrogens with zero attached hydrogens (tertiary/aromatic N) is 1. The molecule has 3 heteroatoms. The average Bonchev–Trinajstić information content (AvgIpc) is 2.80. The van der Waals surface area contributed by atoms with E-state index in [0.29, 0.717) is 6.61 Å². The maximum absolute atomic E-state index is 5.88. The van der Waals surface area contributed by atoms with Crippen molar-refractivity contribution in [2.45, 2.75) is 6.92 Å². The first-order valence-electron chi connectivity index (χ1n) is 6.02. The molecule has 0 fully saturated rings. The van der Waals surface area contributed by atoms with Gasteiger partial charge in [0.1, 0.15) is 0 Å². The third-order valence-corrected chi connectivity index (χ3v) is 2.75. The molecule has 0 spiro atoms. The number of fused-ring (bicyclic) bond motifs is 1. The molecule has 1 aromatic heterocycles. The minimum atomic E-state index is 0.591. The Hall–Kier alpha value is -2.29. The van der Waals surface area contributed by atoms with E-state index in [9.17, 15) is 0 Å². The van der Waals surface area contributed by atoms with E-state index in [-0.39, 0.29) is 0 Å². The number of oxazole rings is 1. The summed E-state index contributed by atoms with van der Waals surface area (Å²) in [5.41, 5.74) is 2.77. The van der Waals surface area contributed by atoms with Gasteiger partial charge < -0.3 is 4.42 Å². The van der Waals surface area contributed by atoms with Crippen LogP contribution < -0.4 is 9.57 Å². The van der Waals surface area contributed by atoms with Gasteiger partial charge in [0.05, 0.1) is 10.3 Å². The van der Waals surface area contributed by atoms with Crippen LogP contribution in [-0.2, 0) is 0 Å². The van der Waals surface area contributed by atoms with Crippen LogP contribution in [0.2, 0.25) is 0 Å². The molecule has 0 atom stereocenters. The first-order valence-corrected chi connectivity index (χ1v) is 6.02. The molecular weight excluding hydrogens is 226 g/mol. The quantitative estimate of drug-likeness (QED) is 0.658. The minimum absolute atomic E-state index is 0.591. The van der Waals surface area contributed by atoms with Crippen LogP contribution in [0.3, 0.4) is 0 Å². The first-order chi connectivity index (χ1) is 8.90.